The first-order chi connectivity index (χ1) is 7.31. The lowest BCUT2D eigenvalue weighted by atomic mass is 10.1. The minimum Gasteiger partial charge on any atom is -0.480 e. The van der Waals surface area contributed by atoms with E-state index in [1.54, 1.807) is 25.8 Å². The summed E-state index contributed by atoms with van der Waals surface area (Å²) in [5.41, 5.74) is 0. The molecule has 0 bridgehead atoms. The molecule has 0 aliphatic heterocycles. The fourth-order valence-electron chi connectivity index (χ4n) is 1.50. The SMILES string of the molecule is CCC(C(=O)O)N(C)C(C)C(=O)NC(C)C. The van der Waals surface area contributed by atoms with E-state index in [0.717, 1.165) is 0 Å². The minimum absolute atomic E-state index is 0.0632. The molecule has 5 nitrogen and oxygen atoms in total. The molecule has 0 aliphatic rings. The van der Waals surface area contributed by atoms with Crippen LogP contribution in [-0.2, 0) is 9.59 Å². The van der Waals surface area contributed by atoms with E-state index in [4.69, 9.17) is 5.11 Å². The summed E-state index contributed by atoms with van der Waals surface area (Å²) in [4.78, 5) is 24.2. The summed E-state index contributed by atoms with van der Waals surface area (Å²) in [5.74, 6) is -1.04. The Hall–Kier alpha value is -1.10. The van der Waals surface area contributed by atoms with Gasteiger partial charge in [-0.05, 0) is 34.2 Å². The Morgan fingerprint density at radius 1 is 1.31 bits per heavy atom. The summed E-state index contributed by atoms with van der Waals surface area (Å²) in [6.45, 7) is 7.25. The second-order valence-corrected chi connectivity index (χ2v) is 4.27. The van der Waals surface area contributed by atoms with Gasteiger partial charge < -0.3 is 10.4 Å². The Labute approximate surface area is 96.8 Å². The summed E-state index contributed by atoms with van der Waals surface area (Å²) in [6.07, 6.45) is 0.477. The molecule has 0 aromatic heterocycles. The molecule has 0 fully saturated rings. The molecule has 1 amide bonds. The lowest BCUT2D eigenvalue weighted by Gasteiger charge is -2.29. The van der Waals surface area contributed by atoms with E-state index in [-0.39, 0.29) is 11.9 Å². The van der Waals surface area contributed by atoms with Crippen LogP contribution in [0.15, 0.2) is 0 Å². The minimum atomic E-state index is -0.894. The number of carbonyl (C=O) groups is 2. The van der Waals surface area contributed by atoms with Gasteiger partial charge in [0.2, 0.25) is 5.91 Å². The quantitative estimate of drug-likeness (QED) is 0.704. The Balaban J connectivity index is 4.52. The van der Waals surface area contributed by atoms with Crippen LogP contribution in [0.5, 0.6) is 0 Å². The van der Waals surface area contributed by atoms with Gasteiger partial charge in [0.25, 0.3) is 0 Å². The maximum Gasteiger partial charge on any atom is 0.320 e. The molecule has 16 heavy (non-hydrogen) atoms. The first kappa shape index (κ1) is 14.9. The van der Waals surface area contributed by atoms with E-state index in [2.05, 4.69) is 5.32 Å². The van der Waals surface area contributed by atoms with Gasteiger partial charge in [0.05, 0.1) is 6.04 Å². The van der Waals surface area contributed by atoms with Crippen molar-refractivity contribution in [3.05, 3.63) is 0 Å². The average Bonchev–Trinajstić information content (AvgIpc) is 2.15. The molecule has 0 aromatic carbocycles. The topological polar surface area (TPSA) is 69.6 Å². The summed E-state index contributed by atoms with van der Waals surface area (Å²) in [6, 6.07) is -0.996. The Morgan fingerprint density at radius 3 is 2.12 bits per heavy atom. The zero-order valence-corrected chi connectivity index (χ0v) is 10.7. The van der Waals surface area contributed by atoms with Gasteiger partial charge in [-0.25, -0.2) is 0 Å². The highest BCUT2D eigenvalue weighted by Gasteiger charge is 2.28. The van der Waals surface area contributed by atoms with E-state index in [0.29, 0.717) is 6.42 Å². The number of likely N-dealkylation sites (N-methyl/N-ethyl adjacent to an activating group) is 1. The van der Waals surface area contributed by atoms with E-state index in [1.807, 2.05) is 13.8 Å². The zero-order valence-electron chi connectivity index (χ0n) is 10.7. The highest BCUT2D eigenvalue weighted by Crippen LogP contribution is 2.07. The third kappa shape index (κ3) is 4.18. The number of aliphatic carboxylic acids is 1. The number of carboxylic acids is 1. The van der Waals surface area contributed by atoms with Gasteiger partial charge in [-0.3, -0.25) is 14.5 Å². The molecule has 2 N–H and O–H groups in total. The van der Waals surface area contributed by atoms with Gasteiger partial charge in [-0.2, -0.15) is 0 Å². The van der Waals surface area contributed by atoms with Gasteiger partial charge >= 0.3 is 5.97 Å². The first-order valence-electron chi connectivity index (χ1n) is 5.56. The van der Waals surface area contributed by atoms with Crippen LogP contribution in [-0.4, -0.2) is 47.1 Å². The highest BCUT2D eigenvalue weighted by atomic mass is 16.4. The molecule has 0 saturated carbocycles. The second kappa shape index (κ2) is 6.48. The molecule has 0 radical (unpaired) electrons. The number of hydrogen-bond donors (Lipinski definition) is 2. The third-order valence-corrected chi connectivity index (χ3v) is 2.58. The molecule has 0 spiro atoms. The fourth-order valence-corrected chi connectivity index (χ4v) is 1.50. The number of carbonyl (C=O) groups excluding carboxylic acids is 1. The highest BCUT2D eigenvalue weighted by molar-refractivity contribution is 5.82. The first-order valence-corrected chi connectivity index (χ1v) is 5.56. The van der Waals surface area contributed by atoms with Gasteiger partial charge in [-0.15, -0.1) is 0 Å². The zero-order chi connectivity index (χ0) is 12.9. The number of rotatable bonds is 6. The predicted octanol–water partition coefficient (Wildman–Crippen LogP) is 0.695. The number of amides is 1. The molecule has 2 unspecified atom stereocenters. The largest absolute Gasteiger partial charge is 0.480 e. The molecular formula is C11H22N2O3. The molecule has 5 heteroatoms. The second-order valence-electron chi connectivity index (χ2n) is 4.27. The number of carboxylic acid groups (broad SMARTS) is 1. The van der Waals surface area contributed by atoms with Gasteiger partial charge in [0.15, 0.2) is 0 Å². The summed E-state index contributed by atoms with van der Waals surface area (Å²) >= 11 is 0. The van der Waals surface area contributed by atoms with Gasteiger partial charge in [0.1, 0.15) is 6.04 Å². The molecule has 0 rings (SSSR count). The third-order valence-electron chi connectivity index (χ3n) is 2.58. The van der Waals surface area contributed by atoms with Crippen LogP contribution in [0.4, 0.5) is 0 Å². The van der Waals surface area contributed by atoms with E-state index in [9.17, 15) is 9.59 Å². The molecule has 0 heterocycles. The molecular weight excluding hydrogens is 208 g/mol. The van der Waals surface area contributed by atoms with Crippen LogP contribution in [0.2, 0.25) is 0 Å². The van der Waals surface area contributed by atoms with E-state index < -0.39 is 18.1 Å². The van der Waals surface area contributed by atoms with Crippen molar-refractivity contribution in [2.75, 3.05) is 7.05 Å². The van der Waals surface area contributed by atoms with Crippen molar-refractivity contribution in [1.82, 2.24) is 10.2 Å². The van der Waals surface area contributed by atoms with Crippen LogP contribution in [0.1, 0.15) is 34.1 Å². The van der Waals surface area contributed by atoms with Crippen molar-refractivity contribution in [2.24, 2.45) is 0 Å². The molecule has 94 valence electrons. The van der Waals surface area contributed by atoms with Gasteiger partial charge in [0, 0.05) is 6.04 Å². The molecule has 0 aliphatic carbocycles. The van der Waals surface area contributed by atoms with Crippen molar-refractivity contribution in [1.29, 1.82) is 0 Å². The fraction of sp³-hybridized carbons (Fsp3) is 0.818. The summed E-state index contributed by atoms with van der Waals surface area (Å²) < 4.78 is 0. The van der Waals surface area contributed by atoms with Crippen LogP contribution in [0, 0.1) is 0 Å². The van der Waals surface area contributed by atoms with Crippen LogP contribution in [0.3, 0.4) is 0 Å². The number of nitrogens with zero attached hydrogens (tertiary/aromatic N) is 1. The van der Waals surface area contributed by atoms with Crippen molar-refractivity contribution in [2.45, 2.75) is 52.2 Å². The lowest BCUT2D eigenvalue weighted by molar-refractivity contribution is -0.144. The number of nitrogens with one attached hydrogen (secondary N) is 1. The summed E-state index contributed by atoms with van der Waals surface area (Å²) in [7, 11) is 1.66. The molecule has 0 aromatic rings. The molecule has 0 saturated heterocycles. The van der Waals surface area contributed by atoms with Crippen molar-refractivity contribution < 1.29 is 14.7 Å². The van der Waals surface area contributed by atoms with Crippen LogP contribution >= 0.6 is 0 Å². The maximum atomic E-state index is 11.7. The Kier molecular flexibility index (Phi) is 6.03. The predicted molar refractivity (Wildman–Crippen MR) is 62.2 cm³/mol. The standard InChI is InChI=1S/C11H22N2O3/c1-6-9(11(15)16)13(5)8(4)10(14)12-7(2)3/h7-9H,6H2,1-5H3,(H,12,14)(H,15,16). The van der Waals surface area contributed by atoms with E-state index >= 15 is 0 Å². The lowest BCUT2D eigenvalue weighted by Crippen LogP contribution is -2.51. The van der Waals surface area contributed by atoms with E-state index in [1.165, 1.54) is 0 Å². The maximum absolute atomic E-state index is 11.7. The number of hydrogen-bond acceptors (Lipinski definition) is 3. The van der Waals surface area contributed by atoms with Crippen molar-refractivity contribution in [3.63, 3.8) is 0 Å². The Bertz CT molecular complexity index is 254. The van der Waals surface area contributed by atoms with Crippen molar-refractivity contribution >= 4 is 11.9 Å². The van der Waals surface area contributed by atoms with Gasteiger partial charge in [-0.1, -0.05) is 6.92 Å². The smallest absolute Gasteiger partial charge is 0.320 e. The normalized spacial score (nSPS) is 14.9. The van der Waals surface area contributed by atoms with Crippen LogP contribution < -0.4 is 5.32 Å². The monoisotopic (exact) mass is 230 g/mol. The summed E-state index contributed by atoms with van der Waals surface area (Å²) in [5, 5.41) is 11.8. The Morgan fingerprint density at radius 2 is 1.81 bits per heavy atom. The van der Waals surface area contributed by atoms with Crippen LogP contribution in [0.25, 0.3) is 0 Å². The molecule has 2 atom stereocenters. The average molecular weight is 230 g/mol. The van der Waals surface area contributed by atoms with Crippen molar-refractivity contribution in [3.8, 4) is 0 Å².